The molecule has 0 amide bonds. The minimum atomic E-state index is -0.303. The molecule has 0 radical (unpaired) electrons. The Bertz CT molecular complexity index is 501. The molecule has 0 saturated heterocycles. The van der Waals surface area contributed by atoms with Gasteiger partial charge in [0.25, 0.3) is 0 Å². The average molecular weight is 307 g/mol. The van der Waals surface area contributed by atoms with Gasteiger partial charge in [0.15, 0.2) is 0 Å². The Morgan fingerprint density at radius 3 is 3.00 bits per heavy atom. The third-order valence-electron chi connectivity index (χ3n) is 3.31. The zero-order valence-corrected chi connectivity index (χ0v) is 13.5. The molecule has 3 nitrogen and oxygen atoms in total. The van der Waals surface area contributed by atoms with Gasteiger partial charge in [-0.1, -0.05) is 29.9 Å². The first-order chi connectivity index (χ1) is 10.6. The predicted octanol–water partition coefficient (Wildman–Crippen LogP) is 3.56. The van der Waals surface area contributed by atoms with Gasteiger partial charge < -0.3 is 15.2 Å². The van der Waals surface area contributed by atoms with E-state index in [0.717, 1.165) is 24.1 Å². The molecule has 2 N–H and O–H groups in total. The Hall–Kier alpha value is -1.65. The first-order valence-electron chi connectivity index (χ1n) is 7.60. The van der Waals surface area contributed by atoms with Crippen molar-refractivity contribution in [3.05, 3.63) is 59.2 Å². The molecule has 1 aliphatic rings. The van der Waals surface area contributed by atoms with Crippen LogP contribution < -0.4 is 5.32 Å². The maximum Gasteiger partial charge on any atom is 0.134 e. The van der Waals surface area contributed by atoms with Gasteiger partial charge in [-0.15, -0.1) is 0 Å². The van der Waals surface area contributed by atoms with Gasteiger partial charge >= 0.3 is 0 Å². The third-order valence-corrected chi connectivity index (χ3v) is 3.31. The normalized spacial score (nSPS) is 15.6. The first-order valence-corrected chi connectivity index (χ1v) is 7.60. The minimum absolute atomic E-state index is 0.0475. The summed E-state index contributed by atoms with van der Waals surface area (Å²) in [4.78, 5) is 0. The van der Waals surface area contributed by atoms with E-state index < -0.39 is 0 Å². The highest BCUT2D eigenvalue weighted by Gasteiger charge is 2.17. The molecule has 0 atom stereocenters. The van der Waals surface area contributed by atoms with Gasteiger partial charge in [0, 0.05) is 13.0 Å². The summed E-state index contributed by atoms with van der Waals surface area (Å²) in [7, 11) is 1.88. The predicted molar refractivity (Wildman–Crippen MR) is 89.1 cm³/mol. The molecule has 1 aliphatic carbocycles. The number of allylic oxidation sites excluding steroid dienone is 6. The Labute approximate surface area is 132 Å². The van der Waals surface area contributed by atoms with Crippen molar-refractivity contribution in [1.29, 1.82) is 0 Å². The van der Waals surface area contributed by atoms with Gasteiger partial charge in [-0.25, -0.2) is 4.39 Å². The number of ether oxygens (including phenoxy) is 1. The van der Waals surface area contributed by atoms with Crippen LogP contribution in [-0.2, 0) is 4.74 Å². The van der Waals surface area contributed by atoms with E-state index in [-0.39, 0.29) is 12.4 Å². The van der Waals surface area contributed by atoms with Crippen molar-refractivity contribution >= 4 is 0 Å². The minimum Gasteiger partial charge on any atom is -0.493 e. The van der Waals surface area contributed by atoms with Gasteiger partial charge in [0.2, 0.25) is 0 Å². The van der Waals surface area contributed by atoms with Gasteiger partial charge in [0.1, 0.15) is 11.6 Å². The fourth-order valence-corrected chi connectivity index (χ4v) is 2.09. The second-order valence-electron chi connectivity index (χ2n) is 5.25. The van der Waals surface area contributed by atoms with E-state index in [1.54, 1.807) is 12.2 Å². The Morgan fingerprint density at radius 1 is 1.55 bits per heavy atom. The fraction of sp³-hybridized carbons (Fsp3) is 0.444. The standard InChI is InChI=1S/C18H26FNO2/c1-14(9-10-20-3)13-17(22-12-6-11-21)18-15(2)7-4-5-8-16(18)19/h4-5,8,13,20-21H,1,6-7,9-12H2,2-3H3/b17-13+. The summed E-state index contributed by atoms with van der Waals surface area (Å²) < 4.78 is 20.1. The van der Waals surface area contributed by atoms with E-state index >= 15 is 0 Å². The van der Waals surface area contributed by atoms with Crippen molar-refractivity contribution in [2.45, 2.75) is 26.2 Å². The van der Waals surface area contributed by atoms with Crippen LogP contribution in [0.5, 0.6) is 0 Å². The summed E-state index contributed by atoms with van der Waals surface area (Å²) in [5.74, 6) is 0.187. The summed E-state index contributed by atoms with van der Waals surface area (Å²) in [5.41, 5.74) is 2.28. The molecule has 122 valence electrons. The SMILES string of the molecule is C=C(/C=C(/OCCCO)C1=C(C)CC=CC=C1F)CCNC. The van der Waals surface area contributed by atoms with E-state index in [1.807, 2.05) is 20.0 Å². The lowest BCUT2D eigenvalue weighted by Gasteiger charge is -2.16. The van der Waals surface area contributed by atoms with Crippen molar-refractivity contribution in [1.82, 2.24) is 5.32 Å². The van der Waals surface area contributed by atoms with Crippen LogP contribution in [0, 0.1) is 0 Å². The molecule has 0 spiro atoms. The van der Waals surface area contributed by atoms with Crippen LogP contribution in [0.25, 0.3) is 0 Å². The highest BCUT2D eigenvalue weighted by Crippen LogP contribution is 2.30. The largest absolute Gasteiger partial charge is 0.493 e. The quantitative estimate of drug-likeness (QED) is 0.389. The van der Waals surface area contributed by atoms with Crippen molar-refractivity contribution < 1.29 is 14.2 Å². The zero-order valence-electron chi connectivity index (χ0n) is 13.5. The van der Waals surface area contributed by atoms with Crippen molar-refractivity contribution in [3.63, 3.8) is 0 Å². The molecule has 0 unspecified atom stereocenters. The third kappa shape index (κ3) is 6.00. The smallest absolute Gasteiger partial charge is 0.134 e. The molecule has 0 heterocycles. The molecule has 0 fully saturated rings. The summed E-state index contributed by atoms with van der Waals surface area (Å²) in [6.45, 7) is 7.10. The molecule has 0 aliphatic heterocycles. The second kappa shape index (κ2) is 10.1. The zero-order chi connectivity index (χ0) is 16.4. The monoisotopic (exact) mass is 307 g/mol. The molecular weight excluding hydrogens is 281 g/mol. The van der Waals surface area contributed by atoms with Crippen LogP contribution in [0.4, 0.5) is 4.39 Å². The van der Waals surface area contributed by atoms with Crippen LogP contribution in [-0.4, -0.2) is 31.9 Å². The number of nitrogens with one attached hydrogen (secondary N) is 1. The Balaban J connectivity index is 3.03. The second-order valence-corrected chi connectivity index (χ2v) is 5.25. The Kier molecular flexibility index (Phi) is 8.48. The van der Waals surface area contributed by atoms with E-state index in [9.17, 15) is 4.39 Å². The van der Waals surface area contributed by atoms with E-state index in [2.05, 4.69) is 11.9 Å². The number of hydrogen-bond donors (Lipinski definition) is 2. The molecule has 0 saturated carbocycles. The molecular formula is C18H26FNO2. The van der Waals surface area contributed by atoms with Crippen molar-refractivity contribution in [2.75, 3.05) is 26.8 Å². The van der Waals surface area contributed by atoms with Gasteiger partial charge in [-0.2, -0.15) is 0 Å². The molecule has 0 bridgehead atoms. The summed E-state index contributed by atoms with van der Waals surface area (Å²) >= 11 is 0. The molecule has 4 heteroatoms. The van der Waals surface area contributed by atoms with Crippen LogP contribution >= 0.6 is 0 Å². The highest BCUT2D eigenvalue weighted by molar-refractivity contribution is 5.48. The van der Waals surface area contributed by atoms with Crippen LogP contribution in [0.3, 0.4) is 0 Å². The summed E-state index contributed by atoms with van der Waals surface area (Å²) in [6, 6.07) is 0. The number of aliphatic hydroxyl groups excluding tert-OH is 1. The topological polar surface area (TPSA) is 41.5 Å². The maximum atomic E-state index is 14.4. The number of hydrogen-bond acceptors (Lipinski definition) is 3. The lowest BCUT2D eigenvalue weighted by Crippen LogP contribution is -2.08. The lowest BCUT2D eigenvalue weighted by molar-refractivity contribution is 0.180. The summed E-state index contributed by atoms with van der Waals surface area (Å²) in [6.07, 6.45) is 8.84. The Morgan fingerprint density at radius 2 is 2.32 bits per heavy atom. The fourth-order valence-electron chi connectivity index (χ4n) is 2.09. The number of rotatable bonds is 9. The molecule has 1 rings (SSSR count). The maximum absolute atomic E-state index is 14.4. The van der Waals surface area contributed by atoms with Crippen LogP contribution in [0.2, 0.25) is 0 Å². The van der Waals surface area contributed by atoms with Crippen molar-refractivity contribution in [2.24, 2.45) is 0 Å². The van der Waals surface area contributed by atoms with Crippen LogP contribution in [0.1, 0.15) is 26.2 Å². The number of aliphatic hydroxyl groups is 1. The van der Waals surface area contributed by atoms with Crippen LogP contribution in [0.15, 0.2) is 59.2 Å². The number of halogens is 1. The first kappa shape index (κ1) is 18.4. The highest BCUT2D eigenvalue weighted by atomic mass is 19.1. The van der Waals surface area contributed by atoms with Gasteiger partial charge in [0.05, 0.1) is 12.2 Å². The van der Waals surface area contributed by atoms with Gasteiger partial charge in [-0.3, -0.25) is 0 Å². The summed E-state index contributed by atoms with van der Waals surface area (Å²) in [5, 5.41) is 12.0. The van der Waals surface area contributed by atoms with E-state index in [0.29, 0.717) is 30.8 Å². The van der Waals surface area contributed by atoms with Crippen molar-refractivity contribution in [3.8, 4) is 0 Å². The lowest BCUT2D eigenvalue weighted by atomic mass is 10.0. The van der Waals surface area contributed by atoms with E-state index in [4.69, 9.17) is 9.84 Å². The average Bonchev–Trinajstić information content (AvgIpc) is 2.65. The molecule has 0 aromatic carbocycles. The molecule has 22 heavy (non-hydrogen) atoms. The van der Waals surface area contributed by atoms with Gasteiger partial charge in [-0.05, 0) is 45.5 Å². The molecule has 0 aromatic heterocycles. The molecule has 0 aromatic rings. The van der Waals surface area contributed by atoms with E-state index in [1.165, 1.54) is 6.08 Å².